The standard InChI is InChI=1S/C69H60N4O/c1-67(2,3)52-40-41-70-65(44-52)73-62-36-21-19-32-59(62)60-39-38-55(46-64(60)73)74-56-43-53(68(4,5)6)42-54(45-56)71-47-72(66-57(48-24-11-7-12-25-48)33-23-34-58(66)49-26-13-8-14-27-49)69(50-28-15-9-16-29-50,51-30-17-10-18-31-51)61-35-20-22-37-63(61)71/h7-46H,47H2,1-6H3/i7D,8D,11D,12D,13D,14D,24D,25D,26D,27D. The molecule has 0 N–H and O–H groups in total. The van der Waals surface area contributed by atoms with Crippen molar-refractivity contribution in [2.75, 3.05) is 16.5 Å². The second-order valence-electron chi connectivity index (χ2n) is 20.9. The van der Waals surface area contributed by atoms with E-state index in [0.29, 0.717) is 11.5 Å². The number of rotatable bonds is 9. The lowest BCUT2D eigenvalue weighted by molar-refractivity contribution is 0.478. The summed E-state index contributed by atoms with van der Waals surface area (Å²) in [5, 5.41) is 2.12. The molecule has 74 heavy (non-hydrogen) atoms. The number of pyridine rings is 1. The molecular weight excluding hydrogens is 901 g/mol. The number of para-hydroxylation sites is 3. The van der Waals surface area contributed by atoms with E-state index >= 15 is 0 Å². The monoisotopic (exact) mass is 971 g/mol. The topological polar surface area (TPSA) is 33.5 Å². The predicted molar refractivity (Wildman–Crippen MR) is 308 cm³/mol. The van der Waals surface area contributed by atoms with Crippen molar-refractivity contribution in [2.45, 2.75) is 57.9 Å². The first kappa shape index (κ1) is 36.3. The molecule has 0 bridgehead atoms. The normalized spacial score (nSPS) is 15.4. The Bertz CT molecular complexity index is 4250. The predicted octanol–water partition coefficient (Wildman–Crippen LogP) is 17.8. The van der Waals surface area contributed by atoms with Gasteiger partial charge in [0.2, 0.25) is 0 Å². The van der Waals surface area contributed by atoms with Crippen molar-refractivity contribution in [2.24, 2.45) is 0 Å². The molecule has 12 rings (SSSR count). The second-order valence-corrected chi connectivity index (χ2v) is 20.9. The third kappa shape index (κ3) is 8.10. The van der Waals surface area contributed by atoms with Crippen LogP contribution in [0.5, 0.6) is 11.5 Å². The maximum absolute atomic E-state index is 9.54. The van der Waals surface area contributed by atoms with Gasteiger partial charge in [-0.05, 0) is 92.7 Å². The van der Waals surface area contributed by atoms with Gasteiger partial charge in [-0.3, -0.25) is 4.57 Å². The van der Waals surface area contributed by atoms with Gasteiger partial charge in [0.25, 0.3) is 0 Å². The molecule has 9 aromatic carbocycles. The summed E-state index contributed by atoms with van der Waals surface area (Å²) in [6.07, 6.45) is 1.87. The number of anilines is 3. The van der Waals surface area contributed by atoms with E-state index in [2.05, 4.69) is 117 Å². The van der Waals surface area contributed by atoms with Crippen molar-refractivity contribution in [1.29, 1.82) is 0 Å². The Balaban J connectivity index is 1.14. The summed E-state index contributed by atoms with van der Waals surface area (Å²) in [6.45, 7) is 13.0. The van der Waals surface area contributed by atoms with E-state index in [4.69, 9.17) is 17.9 Å². The Morgan fingerprint density at radius 1 is 0.514 bits per heavy atom. The summed E-state index contributed by atoms with van der Waals surface area (Å²) in [6, 6.07) is 52.7. The van der Waals surface area contributed by atoms with Crippen LogP contribution in [-0.4, -0.2) is 16.2 Å². The summed E-state index contributed by atoms with van der Waals surface area (Å²) in [5.74, 6) is 1.94. The fraction of sp³-hybridized carbons (Fsp3) is 0.145. The molecule has 1 aliphatic rings. The molecule has 2 aromatic heterocycles. The van der Waals surface area contributed by atoms with Crippen LogP contribution in [0.3, 0.4) is 0 Å². The van der Waals surface area contributed by atoms with Gasteiger partial charge in [0.1, 0.15) is 22.9 Å². The molecule has 0 atom stereocenters. The lowest BCUT2D eigenvalue weighted by atomic mass is 9.72. The second kappa shape index (κ2) is 18.4. The molecule has 0 unspecified atom stereocenters. The first-order valence-corrected chi connectivity index (χ1v) is 25.0. The molecule has 362 valence electrons. The van der Waals surface area contributed by atoms with Gasteiger partial charge in [0, 0.05) is 57.2 Å². The van der Waals surface area contributed by atoms with Gasteiger partial charge < -0.3 is 14.5 Å². The highest BCUT2D eigenvalue weighted by Gasteiger charge is 2.49. The van der Waals surface area contributed by atoms with Crippen LogP contribution in [0.15, 0.2) is 243 Å². The van der Waals surface area contributed by atoms with Crippen LogP contribution in [0.25, 0.3) is 49.9 Å². The highest BCUT2D eigenvalue weighted by molar-refractivity contribution is 6.09. The van der Waals surface area contributed by atoms with Gasteiger partial charge in [-0.1, -0.05) is 217 Å². The van der Waals surface area contributed by atoms with Crippen LogP contribution in [-0.2, 0) is 16.4 Å². The average Bonchev–Trinajstić information content (AvgIpc) is 1.04. The number of fused-ring (bicyclic) bond motifs is 4. The maximum Gasteiger partial charge on any atom is 0.137 e. The SMILES string of the molecule is [2H]c1c([2H])c([2H])c(-c2cccc(-c3c([2H])c([2H])c([2H])c([2H])c3[2H])c2N2CN(c3cc(Oc4ccc5c6ccccc6n(-c6cc(C(C)(C)C)ccn6)c5c4)cc(C(C)(C)C)c3)c3ccccc3C2(c2ccccc2)c2ccccc2)c([2H])c1[2H]. The van der Waals surface area contributed by atoms with Crippen molar-refractivity contribution in [3.63, 3.8) is 0 Å². The summed E-state index contributed by atoms with van der Waals surface area (Å²) in [4.78, 5) is 9.20. The van der Waals surface area contributed by atoms with Crippen LogP contribution in [0.1, 0.15) is 83.1 Å². The molecule has 11 aromatic rings. The molecule has 0 amide bonds. The van der Waals surface area contributed by atoms with Gasteiger partial charge in [0.05, 0.1) is 37.1 Å². The zero-order valence-corrected chi connectivity index (χ0v) is 42.2. The molecule has 0 aliphatic carbocycles. The number of hydrogen-bond acceptors (Lipinski definition) is 4. The Labute approximate surface area is 449 Å². The highest BCUT2D eigenvalue weighted by atomic mass is 16.5. The van der Waals surface area contributed by atoms with E-state index in [-0.39, 0.29) is 40.0 Å². The van der Waals surface area contributed by atoms with Crippen molar-refractivity contribution in [3.05, 3.63) is 270 Å². The summed E-state index contributed by atoms with van der Waals surface area (Å²) in [7, 11) is 0. The van der Waals surface area contributed by atoms with E-state index in [1.165, 1.54) is 0 Å². The quantitative estimate of drug-likeness (QED) is 0.144. The zero-order chi connectivity index (χ0) is 59.3. The Hall–Kier alpha value is -8.67. The zero-order valence-electron chi connectivity index (χ0n) is 52.2. The van der Waals surface area contributed by atoms with Crippen molar-refractivity contribution >= 4 is 38.9 Å². The number of aromatic nitrogens is 2. The molecule has 3 heterocycles. The minimum absolute atomic E-state index is 0.0120. The first-order chi connectivity index (χ1) is 40.1. The van der Waals surface area contributed by atoms with Crippen LogP contribution < -0.4 is 14.5 Å². The van der Waals surface area contributed by atoms with E-state index in [1.807, 2.05) is 103 Å². The fourth-order valence-corrected chi connectivity index (χ4v) is 10.7. The number of ether oxygens (including phenoxy) is 1. The highest BCUT2D eigenvalue weighted by Crippen LogP contribution is 2.56. The Morgan fingerprint density at radius 3 is 1.76 bits per heavy atom. The van der Waals surface area contributed by atoms with Gasteiger partial charge in [-0.25, -0.2) is 4.98 Å². The van der Waals surface area contributed by atoms with Gasteiger partial charge in [-0.15, -0.1) is 0 Å². The number of hydrogen-bond donors (Lipinski definition) is 0. The van der Waals surface area contributed by atoms with Gasteiger partial charge in [0.15, 0.2) is 0 Å². The molecular formula is C69H60N4O. The molecule has 5 heteroatoms. The van der Waals surface area contributed by atoms with Crippen LogP contribution in [0.2, 0.25) is 0 Å². The first-order valence-electron chi connectivity index (χ1n) is 30.0. The molecule has 1 aliphatic heterocycles. The molecule has 0 fully saturated rings. The molecule has 0 radical (unpaired) electrons. The van der Waals surface area contributed by atoms with E-state index in [0.717, 1.165) is 66.8 Å². The lowest BCUT2D eigenvalue weighted by Gasteiger charge is -2.54. The summed E-state index contributed by atoms with van der Waals surface area (Å²) >= 11 is 0. The number of benzene rings is 9. The van der Waals surface area contributed by atoms with Crippen molar-refractivity contribution in [3.8, 4) is 39.6 Å². The van der Waals surface area contributed by atoms with Gasteiger partial charge >= 0.3 is 0 Å². The molecule has 0 saturated carbocycles. The number of nitrogens with zero attached hydrogens (tertiary/aromatic N) is 4. The summed E-state index contributed by atoms with van der Waals surface area (Å²) in [5.41, 5.74) is 6.52. The van der Waals surface area contributed by atoms with E-state index < -0.39 is 71.4 Å². The molecule has 5 nitrogen and oxygen atoms in total. The smallest absolute Gasteiger partial charge is 0.137 e. The van der Waals surface area contributed by atoms with Crippen LogP contribution in [0, 0.1) is 0 Å². The average molecular weight is 971 g/mol. The van der Waals surface area contributed by atoms with Crippen molar-refractivity contribution in [1.82, 2.24) is 9.55 Å². The van der Waals surface area contributed by atoms with E-state index in [1.54, 1.807) is 18.2 Å². The maximum atomic E-state index is 9.54. The third-order valence-corrected chi connectivity index (χ3v) is 14.3. The third-order valence-electron chi connectivity index (χ3n) is 14.3. The van der Waals surface area contributed by atoms with Crippen LogP contribution >= 0.6 is 0 Å². The van der Waals surface area contributed by atoms with E-state index in [9.17, 15) is 5.48 Å². The van der Waals surface area contributed by atoms with Gasteiger partial charge in [-0.2, -0.15) is 0 Å². The minimum atomic E-state index is -1.34. The van der Waals surface area contributed by atoms with Crippen molar-refractivity contribution < 1.29 is 18.4 Å². The largest absolute Gasteiger partial charge is 0.457 e. The fourth-order valence-electron chi connectivity index (χ4n) is 10.7. The lowest BCUT2D eigenvalue weighted by Crippen LogP contribution is -2.56. The molecule has 0 saturated heterocycles. The Kier molecular flexibility index (Phi) is 9.03. The molecule has 0 spiro atoms. The Morgan fingerprint density at radius 2 is 1.11 bits per heavy atom. The summed E-state index contributed by atoms with van der Waals surface area (Å²) < 4.78 is 101. The minimum Gasteiger partial charge on any atom is -0.457 e. The van der Waals surface area contributed by atoms with Crippen LogP contribution in [0.4, 0.5) is 17.1 Å².